The molecule has 2 nitrogen and oxygen atoms in total. The molecule has 13 heavy (non-hydrogen) atoms. The molecule has 68 valence electrons. The first-order valence-electron chi connectivity index (χ1n) is 4.79. The minimum Gasteiger partial charge on any atom is -0.484 e. The summed E-state index contributed by atoms with van der Waals surface area (Å²) in [7, 11) is 1.73. The smallest absolute Gasteiger partial charge is 0.188 e. The third-order valence-corrected chi connectivity index (χ3v) is 3.33. The van der Waals surface area contributed by atoms with Gasteiger partial charge in [0, 0.05) is 5.92 Å². The minimum absolute atomic E-state index is 0.245. The van der Waals surface area contributed by atoms with Crippen molar-refractivity contribution in [3.63, 3.8) is 0 Å². The monoisotopic (exact) mass is 175 g/mol. The quantitative estimate of drug-likeness (QED) is 0.514. The Morgan fingerprint density at radius 3 is 2.92 bits per heavy atom. The van der Waals surface area contributed by atoms with E-state index in [1.165, 1.54) is 5.57 Å². The van der Waals surface area contributed by atoms with Gasteiger partial charge in [0.05, 0.1) is 13.2 Å². The van der Waals surface area contributed by atoms with E-state index in [0.717, 1.165) is 5.90 Å². The number of aliphatic imine (C=N–C) groups is 1. The fourth-order valence-corrected chi connectivity index (χ4v) is 2.50. The lowest BCUT2D eigenvalue weighted by Gasteiger charge is -2.07. The molecular weight excluding hydrogens is 162 g/mol. The normalized spacial score (nSPS) is 44.8. The summed E-state index contributed by atoms with van der Waals surface area (Å²) in [5.41, 5.74) is 1.37. The highest BCUT2D eigenvalue weighted by molar-refractivity contribution is 5.85. The second kappa shape index (κ2) is 2.25. The van der Waals surface area contributed by atoms with Gasteiger partial charge in [-0.2, -0.15) is 0 Å². The topological polar surface area (TPSA) is 21.6 Å². The summed E-state index contributed by atoms with van der Waals surface area (Å²) in [5.74, 6) is 2.84. The fourth-order valence-electron chi connectivity index (χ4n) is 2.50. The molecule has 0 unspecified atom stereocenters. The molecular formula is C11H13NO. The maximum absolute atomic E-state index is 5.33. The summed E-state index contributed by atoms with van der Waals surface area (Å²) < 4.78 is 5.33. The van der Waals surface area contributed by atoms with E-state index in [4.69, 9.17) is 4.74 Å². The van der Waals surface area contributed by atoms with Gasteiger partial charge in [0.2, 0.25) is 0 Å². The van der Waals surface area contributed by atoms with E-state index in [0.29, 0.717) is 17.8 Å². The Morgan fingerprint density at radius 2 is 2.15 bits per heavy atom. The first-order chi connectivity index (χ1) is 6.31. The van der Waals surface area contributed by atoms with E-state index in [2.05, 4.69) is 30.1 Å². The predicted molar refractivity (Wildman–Crippen MR) is 51.6 cm³/mol. The fraction of sp³-hybridized carbons (Fsp3) is 0.545. The zero-order chi connectivity index (χ0) is 9.00. The highest BCUT2D eigenvalue weighted by Gasteiger charge is 2.53. The van der Waals surface area contributed by atoms with Crippen molar-refractivity contribution in [3.8, 4) is 0 Å². The van der Waals surface area contributed by atoms with E-state index >= 15 is 0 Å². The average molecular weight is 175 g/mol. The van der Waals surface area contributed by atoms with Gasteiger partial charge in [-0.3, -0.25) is 0 Å². The molecule has 2 aliphatic heterocycles. The number of methoxy groups -OCH3 is 1. The van der Waals surface area contributed by atoms with Crippen molar-refractivity contribution >= 4 is 5.90 Å². The van der Waals surface area contributed by atoms with Crippen molar-refractivity contribution in [1.82, 2.24) is 0 Å². The average Bonchev–Trinajstić information content (AvgIpc) is 2.82. The van der Waals surface area contributed by atoms with Crippen molar-refractivity contribution in [3.05, 3.63) is 23.8 Å². The minimum atomic E-state index is 0.245. The molecule has 1 fully saturated rings. The lowest BCUT2D eigenvalue weighted by atomic mass is 10.1. The van der Waals surface area contributed by atoms with Crippen LogP contribution in [0.2, 0.25) is 0 Å². The first kappa shape index (κ1) is 7.36. The van der Waals surface area contributed by atoms with Gasteiger partial charge in [-0.05, 0) is 24.3 Å². The zero-order valence-corrected chi connectivity index (χ0v) is 7.90. The van der Waals surface area contributed by atoms with Crippen LogP contribution in [0.4, 0.5) is 0 Å². The molecule has 0 saturated heterocycles. The van der Waals surface area contributed by atoms with Crippen LogP contribution in [0.15, 0.2) is 28.8 Å². The molecule has 0 aromatic heterocycles. The number of ether oxygens (including phenoxy) is 1. The summed E-state index contributed by atoms with van der Waals surface area (Å²) in [6, 6.07) is 0.245. The van der Waals surface area contributed by atoms with Crippen LogP contribution in [0.1, 0.15) is 6.92 Å². The van der Waals surface area contributed by atoms with Gasteiger partial charge in [0.1, 0.15) is 0 Å². The second-order valence-electron chi connectivity index (χ2n) is 4.09. The molecule has 2 heterocycles. The number of allylic oxidation sites excluding steroid dienone is 2. The van der Waals surface area contributed by atoms with E-state index in [1.807, 2.05) is 0 Å². The Bertz CT molecular complexity index is 340. The van der Waals surface area contributed by atoms with E-state index < -0.39 is 0 Å². The Labute approximate surface area is 78.0 Å². The van der Waals surface area contributed by atoms with Crippen LogP contribution in [-0.4, -0.2) is 19.0 Å². The van der Waals surface area contributed by atoms with Crippen LogP contribution in [0.3, 0.4) is 0 Å². The van der Waals surface area contributed by atoms with Crippen molar-refractivity contribution in [2.24, 2.45) is 22.7 Å². The summed E-state index contributed by atoms with van der Waals surface area (Å²) >= 11 is 0. The van der Waals surface area contributed by atoms with Gasteiger partial charge in [-0.25, -0.2) is 4.99 Å². The molecule has 2 aliphatic carbocycles. The van der Waals surface area contributed by atoms with Crippen LogP contribution in [0.25, 0.3) is 0 Å². The van der Waals surface area contributed by atoms with Gasteiger partial charge in [-0.15, -0.1) is 0 Å². The van der Waals surface area contributed by atoms with Gasteiger partial charge in [0.25, 0.3) is 0 Å². The number of hydrogen-bond donors (Lipinski definition) is 0. The van der Waals surface area contributed by atoms with Gasteiger partial charge >= 0.3 is 0 Å². The molecule has 4 bridgehead atoms. The van der Waals surface area contributed by atoms with Crippen LogP contribution in [0.5, 0.6) is 0 Å². The predicted octanol–water partition coefficient (Wildman–Crippen LogP) is 1.79. The third kappa shape index (κ3) is 0.859. The van der Waals surface area contributed by atoms with Gasteiger partial charge in [0.15, 0.2) is 5.90 Å². The van der Waals surface area contributed by atoms with Crippen molar-refractivity contribution in [1.29, 1.82) is 0 Å². The molecule has 0 aromatic carbocycles. The molecule has 1 saturated carbocycles. The summed E-state index contributed by atoms with van der Waals surface area (Å²) in [5, 5.41) is 0. The maximum atomic E-state index is 5.33. The molecule has 0 N–H and O–H groups in total. The Balaban J connectivity index is 2.10. The molecule has 4 aliphatic rings. The van der Waals surface area contributed by atoms with Gasteiger partial charge < -0.3 is 4.74 Å². The highest BCUT2D eigenvalue weighted by Crippen LogP contribution is 2.53. The first-order valence-corrected chi connectivity index (χ1v) is 4.79. The number of hydrogen-bond acceptors (Lipinski definition) is 2. The molecule has 0 aromatic rings. The highest BCUT2D eigenvalue weighted by atomic mass is 16.5. The molecule has 4 atom stereocenters. The summed E-state index contributed by atoms with van der Waals surface area (Å²) in [6.07, 6.45) is 6.89. The van der Waals surface area contributed by atoms with Crippen molar-refractivity contribution in [2.45, 2.75) is 13.0 Å². The number of nitrogens with zero attached hydrogens (tertiary/aromatic N) is 1. The number of rotatable bonds is 0. The van der Waals surface area contributed by atoms with Crippen LogP contribution in [-0.2, 0) is 4.74 Å². The van der Waals surface area contributed by atoms with Crippen LogP contribution < -0.4 is 0 Å². The Morgan fingerprint density at radius 1 is 1.31 bits per heavy atom. The third-order valence-electron chi connectivity index (χ3n) is 3.33. The largest absolute Gasteiger partial charge is 0.484 e. The molecule has 2 heteroatoms. The molecule has 0 radical (unpaired) electrons. The molecule has 0 spiro atoms. The molecule has 4 rings (SSSR count). The zero-order valence-electron chi connectivity index (χ0n) is 7.90. The Kier molecular flexibility index (Phi) is 1.27. The van der Waals surface area contributed by atoms with Crippen molar-refractivity contribution < 1.29 is 4.74 Å². The lowest BCUT2D eigenvalue weighted by Crippen LogP contribution is -2.09. The van der Waals surface area contributed by atoms with Gasteiger partial charge in [-0.1, -0.05) is 18.2 Å². The SMILES string of the molecule is COC1=N[C@H]2C=C[C@H]3[C@@H](C=C2C)[C@@H]13. The molecule has 0 amide bonds. The summed E-state index contributed by atoms with van der Waals surface area (Å²) in [4.78, 5) is 4.60. The second-order valence-corrected chi connectivity index (χ2v) is 4.09. The van der Waals surface area contributed by atoms with Crippen LogP contribution >= 0.6 is 0 Å². The standard InChI is InChI=1S/C11H13NO/c1-6-5-8-7-3-4-9(6)12-11(13-2)10(7)8/h3-5,7-10H,1-2H3/t7-,8+,9-,10-/m0/s1. The van der Waals surface area contributed by atoms with E-state index in [-0.39, 0.29) is 6.04 Å². The van der Waals surface area contributed by atoms with E-state index in [1.54, 1.807) is 7.11 Å². The lowest BCUT2D eigenvalue weighted by molar-refractivity contribution is 0.381. The van der Waals surface area contributed by atoms with Crippen LogP contribution in [0, 0.1) is 17.8 Å². The van der Waals surface area contributed by atoms with E-state index in [9.17, 15) is 0 Å². The maximum Gasteiger partial charge on any atom is 0.188 e. The van der Waals surface area contributed by atoms with Crippen molar-refractivity contribution in [2.75, 3.05) is 7.11 Å². The summed E-state index contributed by atoms with van der Waals surface area (Å²) in [6.45, 7) is 2.16. The Hall–Kier alpha value is -1.05.